The highest BCUT2D eigenvalue weighted by Gasteiger charge is 2.11. The second-order valence-corrected chi connectivity index (χ2v) is 5.29. The zero-order chi connectivity index (χ0) is 14.7. The quantitative estimate of drug-likeness (QED) is 0.808. The molecule has 0 spiro atoms. The molecule has 0 saturated heterocycles. The van der Waals surface area contributed by atoms with E-state index in [1.807, 2.05) is 0 Å². The average molecular weight is 313 g/mol. The van der Waals surface area contributed by atoms with E-state index in [9.17, 15) is 9.59 Å². The lowest BCUT2D eigenvalue weighted by atomic mass is 10.2. The molecule has 7 nitrogen and oxygen atoms in total. The van der Waals surface area contributed by atoms with Crippen LogP contribution in [0.5, 0.6) is 0 Å². The van der Waals surface area contributed by atoms with Gasteiger partial charge in [0, 0.05) is 5.69 Å². The van der Waals surface area contributed by atoms with Crippen LogP contribution in [0.1, 0.15) is 15.4 Å². The summed E-state index contributed by atoms with van der Waals surface area (Å²) in [6.45, 7) is 1.77. The number of nitrogens with one attached hydrogen (secondary N) is 2. The fraction of sp³-hybridized carbons (Fsp3) is 0.0909. The van der Waals surface area contributed by atoms with Crippen LogP contribution >= 0.6 is 22.9 Å². The predicted molar refractivity (Wildman–Crippen MR) is 75.7 cm³/mol. The number of hydrogen-bond donors (Lipinski definition) is 3. The molecular formula is C11H9ClN4O3S. The predicted octanol–water partition coefficient (Wildman–Crippen LogP) is 2.84. The van der Waals surface area contributed by atoms with Gasteiger partial charge in [-0.15, -0.1) is 10.2 Å². The van der Waals surface area contributed by atoms with Crippen LogP contribution < -0.4 is 10.6 Å². The number of anilines is 2. The number of aromatic carboxylic acids is 1. The van der Waals surface area contributed by atoms with E-state index in [-0.39, 0.29) is 10.6 Å². The summed E-state index contributed by atoms with van der Waals surface area (Å²) in [5.74, 6) is -1.13. The molecule has 1 heterocycles. The van der Waals surface area contributed by atoms with Gasteiger partial charge in [0.2, 0.25) is 5.13 Å². The summed E-state index contributed by atoms with van der Waals surface area (Å²) in [6.07, 6.45) is 0. The first-order valence-electron chi connectivity index (χ1n) is 5.36. The van der Waals surface area contributed by atoms with E-state index in [1.54, 1.807) is 6.92 Å². The van der Waals surface area contributed by atoms with Crippen molar-refractivity contribution in [3.8, 4) is 0 Å². The molecule has 2 rings (SSSR count). The summed E-state index contributed by atoms with van der Waals surface area (Å²) >= 11 is 7.04. The van der Waals surface area contributed by atoms with Crippen molar-refractivity contribution in [3.05, 3.63) is 33.8 Å². The zero-order valence-electron chi connectivity index (χ0n) is 10.2. The van der Waals surface area contributed by atoms with Gasteiger partial charge in [-0.05, 0) is 25.1 Å². The Balaban J connectivity index is 2.04. The molecule has 2 amide bonds. The first-order valence-corrected chi connectivity index (χ1v) is 6.56. The van der Waals surface area contributed by atoms with E-state index >= 15 is 0 Å². The number of hydrogen-bond acceptors (Lipinski definition) is 5. The number of amides is 2. The van der Waals surface area contributed by atoms with Gasteiger partial charge in [-0.3, -0.25) is 5.32 Å². The van der Waals surface area contributed by atoms with Crippen LogP contribution in [0.25, 0.3) is 0 Å². The molecular weight excluding hydrogens is 304 g/mol. The first-order chi connectivity index (χ1) is 9.45. The largest absolute Gasteiger partial charge is 0.478 e. The minimum Gasteiger partial charge on any atom is -0.478 e. The van der Waals surface area contributed by atoms with Crippen molar-refractivity contribution in [2.45, 2.75) is 6.92 Å². The third-order valence-electron chi connectivity index (χ3n) is 2.20. The van der Waals surface area contributed by atoms with E-state index < -0.39 is 12.0 Å². The Labute approximate surface area is 122 Å². The van der Waals surface area contributed by atoms with E-state index in [1.165, 1.54) is 29.5 Å². The Hall–Kier alpha value is -2.19. The smallest absolute Gasteiger partial charge is 0.337 e. The molecule has 0 radical (unpaired) electrons. The summed E-state index contributed by atoms with van der Waals surface area (Å²) < 4.78 is 0. The highest BCUT2D eigenvalue weighted by molar-refractivity contribution is 7.15. The number of rotatable bonds is 3. The Kier molecular flexibility index (Phi) is 4.16. The second kappa shape index (κ2) is 5.85. The summed E-state index contributed by atoms with van der Waals surface area (Å²) in [4.78, 5) is 22.5. The number of benzene rings is 1. The maximum atomic E-state index is 11.7. The fourth-order valence-corrected chi connectivity index (χ4v) is 2.22. The van der Waals surface area contributed by atoms with E-state index in [4.69, 9.17) is 16.7 Å². The molecule has 3 N–H and O–H groups in total. The Bertz CT molecular complexity index is 673. The van der Waals surface area contributed by atoms with Gasteiger partial charge in [-0.1, -0.05) is 22.9 Å². The Morgan fingerprint density at radius 1 is 1.30 bits per heavy atom. The van der Waals surface area contributed by atoms with Crippen molar-refractivity contribution in [1.29, 1.82) is 0 Å². The molecule has 0 aliphatic rings. The SMILES string of the molecule is Cc1nnc(NC(=O)Nc2ccc(C(=O)O)c(Cl)c2)s1. The number of carbonyl (C=O) groups is 2. The topological polar surface area (TPSA) is 104 Å². The number of aromatic nitrogens is 2. The highest BCUT2D eigenvalue weighted by Crippen LogP contribution is 2.21. The molecule has 2 aromatic rings. The van der Waals surface area contributed by atoms with Crippen molar-refractivity contribution in [2.24, 2.45) is 0 Å². The molecule has 0 atom stereocenters. The Morgan fingerprint density at radius 3 is 2.60 bits per heavy atom. The molecule has 0 fully saturated rings. The molecule has 104 valence electrons. The number of aryl methyl sites for hydroxylation is 1. The number of carboxylic acids is 1. The minimum absolute atomic E-state index is 0.0302. The van der Waals surface area contributed by atoms with Crippen molar-refractivity contribution < 1.29 is 14.7 Å². The van der Waals surface area contributed by atoms with E-state index in [0.717, 1.165) is 5.01 Å². The lowest BCUT2D eigenvalue weighted by Gasteiger charge is -2.06. The molecule has 0 aliphatic heterocycles. The lowest BCUT2D eigenvalue weighted by molar-refractivity contribution is 0.0697. The van der Waals surface area contributed by atoms with Crippen molar-refractivity contribution >= 4 is 45.8 Å². The normalized spacial score (nSPS) is 10.1. The maximum absolute atomic E-state index is 11.7. The standard InChI is InChI=1S/C11H9ClN4O3S/c1-5-15-16-11(20-5)14-10(19)13-6-2-3-7(9(17)18)8(12)4-6/h2-4H,1H3,(H,17,18)(H2,13,14,16,19). The van der Waals surface area contributed by atoms with Crippen LogP contribution in [0, 0.1) is 6.92 Å². The van der Waals surface area contributed by atoms with Crippen molar-refractivity contribution in [1.82, 2.24) is 10.2 Å². The number of nitrogens with zero attached hydrogens (tertiary/aromatic N) is 2. The van der Waals surface area contributed by atoms with Crippen molar-refractivity contribution in [3.63, 3.8) is 0 Å². The van der Waals surface area contributed by atoms with E-state index in [0.29, 0.717) is 10.8 Å². The monoisotopic (exact) mass is 312 g/mol. The molecule has 20 heavy (non-hydrogen) atoms. The van der Waals surface area contributed by atoms with Crippen LogP contribution in [0.2, 0.25) is 5.02 Å². The van der Waals surface area contributed by atoms with Gasteiger partial charge in [0.15, 0.2) is 0 Å². The fourth-order valence-electron chi connectivity index (χ4n) is 1.37. The third-order valence-corrected chi connectivity index (χ3v) is 3.27. The van der Waals surface area contributed by atoms with Crippen LogP contribution in [0.4, 0.5) is 15.6 Å². The number of halogens is 1. The van der Waals surface area contributed by atoms with Gasteiger partial charge >= 0.3 is 12.0 Å². The Morgan fingerprint density at radius 2 is 2.05 bits per heavy atom. The van der Waals surface area contributed by atoms with Crippen LogP contribution in [-0.4, -0.2) is 27.3 Å². The average Bonchev–Trinajstić information content (AvgIpc) is 2.74. The minimum atomic E-state index is -1.13. The second-order valence-electron chi connectivity index (χ2n) is 3.71. The van der Waals surface area contributed by atoms with Gasteiger partial charge in [0.25, 0.3) is 0 Å². The van der Waals surface area contributed by atoms with Gasteiger partial charge in [0.05, 0.1) is 10.6 Å². The summed E-state index contributed by atoms with van der Waals surface area (Å²) in [7, 11) is 0. The van der Waals surface area contributed by atoms with Crippen LogP contribution in [0.3, 0.4) is 0 Å². The third kappa shape index (κ3) is 3.43. The summed E-state index contributed by atoms with van der Waals surface area (Å²) in [5.41, 5.74) is 0.344. The van der Waals surface area contributed by atoms with E-state index in [2.05, 4.69) is 20.8 Å². The van der Waals surface area contributed by atoms with Gasteiger partial charge in [-0.25, -0.2) is 9.59 Å². The molecule has 0 saturated carbocycles. The van der Waals surface area contributed by atoms with Gasteiger partial charge in [-0.2, -0.15) is 0 Å². The molecule has 0 unspecified atom stereocenters. The number of carboxylic acid groups (broad SMARTS) is 1. The molecule has 0 aliphatic carbocycles. The molecule has 1 aromatic carbocycles. The highest BCUT2D eigenvalue weighted by atomic mass is 35.5. The summed E-state index contributed by atoms with van der Waals surface area (Å²) in [5, 5.41) is 22.5. The number of urea groups is 1. The zero-order valence-corrected chi connectivity index (χ0v) is 11.7. The maximum Gasteiger partial charge on any atom is 0.337 e. The molecule has 0 bridgehead atoms. The van der Waals surface area contributed by atoms with Crippen LogP contribution in [-0.2, 0) is 0 Å². The lowest BCUT2D eigenvalue weighted by Crippen LogP contribution is -2.19. The number of carbonyl (C=O) groups excluding carboxylic acids is 1. The molecule has 1 aromatic heterocycles. The van der Waals surface area contributed by atoms with Crippen molar-refractivity contribution in [2.75, 3.05) is 10.6 Å². The van der Waals surface area contributed by atoms with Crippen LogP contribution in [0.15, 0.2) is 18.2 Å². The van der Waals surface area contributed by atoms with Gasteiger partial charge in [0.1, 0.15) is 5.01 Å². The summed E-state index contributed by atoms with van der Waals surface area (Å²) in [6, 6.07) is 3.60. The molecule has 9 heteroatoms. The van der Waals surface area contributed by atoms with Gasteiger partial charge < -0.3 is 10.4 Å². The first kappa shape index (κ1) is 14.2.